The first-order valence-electron chi connectivity index (χ1n) is 10.3. The number of nitrogens with zero attached hydrogens (tertiary/aromatic N) is 1. The highest BCUT2D eigenvalue weighted by Gasteiger charge is 2.27. The van der Waals surface area contributed by atoms with Crippen molar-refractivity contribution < 1.29 is 22.3 Å². The van der Waals surface area contributed by atoms with Crippen LogP contribution in [0.1, 0.15) is 25.7 Å². The summed E-state index contributed by atoms with van der Waals surface area (Å²) >= 11 is 0. The van der Waals surface area contributed by atoms with Crippen molar-refractivity contribution in [2.75, 3.05) is 45.9 Å². The molecule has 1 amide bonds. The molecule has 3 rings (SSSR count). The SMILES string of the molecule is O=C(NCCN1CCOCC1)C1CCC(CNS(=O)(=O)c2ccc(F)cc2)CC1. The quantitative estimate of drug-likeness (QED) is 0.654. The van der Waals surface area contributed by atoms with Gasteiger partial charge in [-0.3, -0.25) is 9.69 Å². The van der Waals surface area contributed by atoms with E-state index in [0.717, 1.165) is 70.7 Å². The third-order valence-electron chi connectivity index (χ3n) is 5.73. The van der Waals surface area contributed by atoms with Crippen LogP contribution >= 0.6 is 0 Å². The van der Waals surface area contributed by atoms with Crippen molar-refractivity contribution in [1.29, 1.82) is 0 Å². The second kappa shape index (κ2) is 10.5. The minimum Gasteiger partial charge on any atom is -0.379 e. The smallest absolute Gasteiger partial charge is 0.240 e. The number of morpholine rings is 1. The fraction of sp³-hybridized carbons (Fsp3) is 0.650. The summed E-state index contributed by atoms with van der Waals surface area (Å²) in [7, 11) is -3.64. The molecule has 1 aromatic carbocycles. The number of rotatable bonds is 8. The van der Waals surface area contributed by atoms with Crippen molar-refractivity contribution in [3.05, 3.63) is 30.1 Å². The fourth-order valence-corrected chi connectivity index (χ4v) is 4.98. The minimum absolute atomic E-state index is 0.00430. The maximum atomic E-state index is 13.0. The van der Waals surface area contributed by atoms with E-state index in [2.05, 4.69) is 14.9 Å². The van der Waals surface area contributed by atoms with Crippen LogP contribution in [-0.2, 0) is 19.6 Å². The Labute approximate surface area is 172 Å². The van der Waals surface area contributed by atoms with Crippen LogP contribution in [0.25, 0.3) is 0 Å². The Morgan fingerprint density at radius 1 is 1.10 bits per heavy atom. The van der Waals surface area contributed by atoms with E-state index in [9.17, 15) is 17.6 Å². The molecule has 1 heterocycles. The molecule has 0 unspecified atom stereocenters. The van der Waals surface area contributed by atoms with Crippen LogP contribution in [0.5, 0.6) is 0 Å². The van der Waals surface area contributed by atoms with E-state index in [0.29, 0.717) is 13.1 Å². The number of benzene rings is 1. The van der Waals surface area contributed by atoms with Crippen LogP contribution in [0, 0.1) is 17.7 Å². The summed E-state index contributed by atoms with van der Waals surface area (Å²) in [4.78, 5) is 14.7. The molecule has 0 radical (unpaired) electrons. The van der Waals surface area contributed by atoms with Gasteiger partial charge >= 0.3 is 0 Å². The lowest BCUT2D eigenvalue weighted by Crippen LogP contribution is -2.43. The number of carbonyl (C=O) groups excluding carboxylic acids is 1. The molecule has 0 bridgehead atoms. The van der Waals surface area contributed by atoms with E-state index in [1.807, 2.05) is 0 Å². The molecular weight excluding hydrogens is 397 g/mol. The average molecular weight is 428 g/mol. The predicted molar refractivity (Wildman–Crippen MR) is 107 cm³/mol. The summed E-state index contributed by atoms with van der Waals surface area (Å²) in [5.41, 5.74) is 0. The van der Waals surface area contributed by atoms with Crippen molar-refractivity contribution in [2.45, 2.75) is 30.6 Å². The number of nitrogens with one attached hydrogen (secondary N) is 2. The van der Waals surface area contributed by atoms with Crippen molar-refractivity contribution in [3.63, 3.8) is 0 Å². The summed E-state index contributed by atoms with van der Waals surface area (Å²) in [5.74, 6) is -0.152. The molecule has 2 N–H and O–H groups in total. The highest BCUT2D eigenvalue weighted by molar-refractivity contribution is 7.89. The van der Waals surface area contributed by atoms with E-state index in [1.54, 1.807) is 0 Å². The molecule has 2 aliphatic rings. The van der Waals surface area contributed by atoms with Gasteiger partial charge in [0.25, 0.3) is 0 Å². The van der Waals surface area contributed by atoms with Gasteiger partial charge in [0.05, 0.1) is 18.1 Å². The first kappa shape index (κ1) is 22.1. The Kier molecular flexibility index (Phi) is 7.99. The topological polar surface area (TPSA) is 87.7 Å². The Balaban J connectivity index is 1.35. The number of hydrogen-bond donors (Lipinski definition) is 2. The van der Waals surface area contributed by atoms with Gasteiger partial charge in [0.1, 0.15) is 5.82 Å². The van der Waals surface area contributed by atoms with E-state index in [-0.39, 0.29) is 22.6 Å². The molecule has 162 valence electrons. The van der Waals surface area contributed by atoms with Gasteiger partial charge in [-0.1, -0.05) is 0 Å². The molecule has 1 aromatic rings. The first-order valence-corrected chi connectivity index (χ1v) is 11.8. The minimum atomic E-state index is -3.64. The molecule has 9 heteroatoms. The van der Waals surface area contributed by atoms with Gasteiger partial charge in [0.15, 0.2) is 0 Å². The van der Waals surface area contributed by atoms with Crippen LogP contribution in [0.2, 0.25) is 0 Å². The molecule has 0 spiro atoms. The Morgan fingerprint density at radius 2 is 1.76 bits per heavy atom. The summed E-state index contributed by atoms with van der Waals surface area (Å²) in [6.45, 7) is 5.16. The number of sulfonamides is 1. The Hall–Kier alpha value is -1.55. The van der Waals surface area contributed by atoms with Gasteiger partial charge in [-0.15, -0.1) is 0 Å². The average Bonchev–Trinajstić information content (AvgIpc) is 2.74. The predicted octanol–water partition coefficient (Wildman–Crippen LogP) is 1.36. The first-order chi connectivity index (χ1) is 13.9. The van der Waals surface area contributed by atoms with Gasteiger partial charge in [0.2, 0.25) is 15.9 Å². The monoisotopic (exact) mass is 427 g/mol. The number of amides is 1. The van der Waals surface area contributed by atoms with E-state index >= 15 is 0 Å². The molecule has 1 saturated carbocycles. The lowest BCUT2D eigenvalue weighted by molar-refractivity contribution is -0.126. The zero-order valence-electron chi connectivity index (χ0n) is 16.6. The summed E-state index contributed by atoms with van der Waals surface area (Å²) in [6, 6.07) is 4.79. The normalized spacial score (nSPS) is 23.6. The van der Waals surface area contributed by atoms with Crippen molar-refractivity contribution >= 4 is 15.9 Å². The van der Waals surface area contributed by atoms with Crippen molar-refractivity contribution in [3.8, 4) is 0 Å². The third-order valence-corrected chi connectivity index (χ3v) is 7.17. The molecule has 7 nitrogen and oxygen atoms in total. The molecular formula is C20H30FN3O4S. The maximum Gasteiger partial charge on any atom is 0.240 e. The fourth-order valence-electron chi connectivity index (χ4n) is 3.86. The van der Waals surface area contributed by atoms with Gasteiger partial charge < -0.3 is 10.1 Å². The number of carbonyl (C=O) groups is 1. The van der Waals surface area contributed by atoms with Crippen LogP contribution < -0.4 is 10.0 Å². The van der Waals surface area contributed by atoms with Crippen LogP contribution in [0.15, 0.2) is 29.2 Å². The lowest BCUT2D eigenvalue weighted by atomic mass is 9.81. The zero-order valence-corrected chi connectivity index (χ0v) is 17.4. The molecule has 0 aromatic heterocycles. The van der Waals surface area contributed by atoms with Gasteiger partial charge in [-0.2, -0.15) is 0 Å². The summed E-state index contributed by atoms with van der Waals surface area (Å²) < 4.78 is 45.5. The molecule has 1 aliphatic heterocycles. The zero-order chi connectivity index (χ0) is 20.7. The number of ether oxygens (including phenoxy) is 1. The second-order valence-electron chi connectivity index (χ2n) is 7.77. The number of halogens is 1. The van der Waals surface area contributed by atoms with Crippen LogP contribution in [0.3, 0.4) is 0 Å². The highest BCUT2D eigenvalue weighted by Crippen LogP contribution is 2.28. The van der Waals surface area contributed by atoms with Crippen LogP contribution in [-0.4, -0.2) is 65.2 Å². The largest absolute Gasteiger partial charge is 0.379 e. The van der Waals surface area contributed by atoms with E-state index < -0.39 is 15.8 Å². The maximum absolute atomic E-state index is 13.0. The third kappa shape index (κ3) is 6.74. The van der Waals surface area contributed by atoms with E-state index in [1.165, 1.54) is 12.1 Å². The van der Waals surface area contributed by atoms with Crippen molar-refractivity contribution in [1.82, 2.24) is 14.9 Å². The Morgan fingerprint density at radius 3 is 2.41 bits per heavy atom. The van der Waals surface area contributed by atoms with Crippen LogP contribution in [0.4, 0.5) is 4.39 Å². The summed E-state index contributed by atoms with van der Waals surface area (Å²) in [5, 5.41) is 3.03. The Bertz CT molecular complexity index is 758. The second-order valence-corrected chi connectivity index (χ2v) is 9.54. The molecule has 29 heavy (non-hydrogen) atoms. The summed E-state index contributed by atoms with van der Waals surface area (Å²) in [6.07, 6.45) is 3.17. The van der Waals surface area contributed by atoms with Gasteiger partial charge in [0, 0.05) is 38.6 Å². The lowest BCUT2D eigenvalue weighted by Gasteiger charge is -2.29. The molecule has 0 atom stereocenters. The van der Waals surface area contributed by atoms with Gasteiger partial charge in [-0.25, -0.2) is 17.5 Å². The highest BCUT2D eigenvalue weighted by atomic mass is 32.2. The molecule has 2 fully saturated rings. The molecule has 1 aliphatic carbocycles. The molecule has 1 saturated heterocycles. The van der Waals surface area contributed by atoms with Crippen molar-refractivity contribution in [2.24, 2.45) is 11.8 Å². The number of hydrogen-bond acceptors (Lipinski definition) is 5. The standard InChI is InChI=1S/C20H30FN3O4S/c21-18-5-7-19(8-6-18)29(26,27)23-15-16-1-3-17(4-2-16)20(25)22-9-10-24-11-13-28-14-12-24/h5-8,16-17,23H,1-4,9-15H2,(H,22,25). The van der Waals surface area contributed by atoms with E-state index in [4.69, 9.17) is 4.74 Å². The van der Waals surface area contributed by atoms with Gasteiger partial charge in [-0.05, 0) is 55.9 Å².